The number of carbonyl (C=O) groups excluding carboxylic acids is 1. The molecule has 38 heavy (non-hydrogen) atoms. The van der Waals surface area contributed by atoms with Gasteiger partial charge in [-0.05, 0) is 79.8 Å². The fourth-order valence-electron chi connectivity index (χ4n) is 7.88. The summed E-state index contributed by atoms with van der Waals surface area (Å²) in [5.74, 6) is 2.99. The number of hydrogen-bond donors (Lipinski definition) is 3. The third-order valence-electron chi connectivity index (χ3n) is 10.2. The molecule has 202 valence electrons. The highest BCUT2D eigenvalue weighted by Crippen LogP contribution is 2.66. The number of ether oxygens (including phenoxy) is 2. The molecule has 1 spiro atoms. The van der Waals surface area contributed by atoms with Crippen LogP contribution in [0.4, 0.5) is 11.4 Å². The average molecular weight is 518 g/mol. The average Bonchev–Trinajstić information content (AvgIpc) is 3.47. The molecule has 2 saturated carbocycles. The summed E-state index contributed by atoms with van der Waals surface area (Å²) < 4.78 is 11.0. The van der Waals surface area contributed by atoms with E-state index in [4.69, 9.17) is 9.47 Å². The zero-order valence-electron chi connectivity index (χ0n) is 22.6. The number of hydrogen-bond acceptors (Lipinski definition) is 7. The molecule has 2 saturated heterocycles. The first-order valence-electron chi connectivity index (χ1n) is 14.1. The Morgan fingerprint density at radius 3 is 2.42 bits per heavy atom. The Morgan fingerprint density at radius 2 is 1.68 bits per heavy atom. The number of piperazine rings is 1. The van der Waals surface area contributed by atoms with Gasteiger partial charge in [-0.2, -0.15) is 0 Å². The molecule has 0 bridgehead atoms. The van der Waals surface area contributed by atoms with Crippen molar-refractivity contribution in [1.82, 2.24) is 15.8 Å². The zero-order valence-corrected chi connectivity index (χ0v) is 22.6. The molecule has 1 amide bonds. The van der Waals surface area contributed by atoms with E-state index in [-0.39, 0.29) is 5.91 Å². The van der Waals surface area contributed by atoms with Gasteiger partial charge in [0, 0.05) is 49.7 Å². The van der Waals surface area contributed by atoms with Crippen LogP contribution >= 0.6 is 0 Å². The Hall–Kier alpha value is -2.81. The van der Waals surface area contributed by atoms with Crippen molar-refractivity contribution >= 4 is 17.3 Å². The van der Waals surface area contributed by atoms with Gasteiger partial charge in [0.1, 0.15) is 0 Å². The summed E-state index contributed by atoms with van der Waals surface area (Å²) in [6.45, 7) is 4.43. The number of fused-ring (bicyclic) bond motifs is 3. The van der Waals surface area contributed by atoms with E-state index in [0.29, 0.717) is 41.3 Å². The van der Waals surface area contributed by atoms with Gasteiger partial charge in [0.25, 0.3) is 0 Å². The third-order valence-corrected chi connectivity index (χ3v) is 10.2. The summed E-state index contributed by atoms with van der Waals surface area (Å²) in [6.07, 6.45) is 4.37. The fourth-order valence-corrected chi connectivity index (χ4v) is 7.88. The van der Waals surface area contributed by atoms with Crippen LogP contribution in [0.3, 0.4) is 0 Å². The normalized spacial score (nSPS) is 34.1. The molecule has 7 rings (SSSR count). The molecule has 2 aromatic carbocycles. The Bertz CT molecular complexity index is 1230. The molecule has 4 fully saturated rings. The van der Waals surface area contributed by atoms with Crippen LogP contribution in [0, 0.1) is 17.8 Å². The van der Waals surface area contributed by atoms with Gasteiger partial charge in [0.2, 0.25) is 5.91 Å². The predicted octanol–water partition coefficient (Wildman–Crippen LogP) is 3.30. The molecular formula is C30H39N5O3. The number of carbonyl (C=O) groups is 1. The minimum Gasteiger partial charge on any atom is -0.493 e. The van der Waals surface area contributed by atoms with E-state index in [2.05, 4.69) is 57.3 Å². The van der Waals surface area contributed by atoms with Crippen molar-refractivity contribution in [1.29, 1.82) is 0 Å². The van der Waals surface area contributed by atoms with E-state index in [1.165, 1.54) is 24.1 Å². The highest BCUT2D eigenvalue weighted by molar-refractivity contribution is 6.09. The van der Waals surface area contributed by atoms with E-state index in [9.17, 15) is 4.79 Å². The minimum atomic E-state index is -0.406. The van der Waals surface area contributed by atoms with Crippen molar-refractivity contribution in [3.05, 3.63) is 47.5 Å². The Kier molecular flexibility index (Phi) is 5.83. The second-order valence-corrected chi connectivity index (χ2v) is 12.0. The van der Waals surface area contributed by atoms with Crippen LogP contribution in [-0.2, 0) is 10.2 Å². The van der Waals surface area contributed by atoms with Gasteiger partial charge in [-0.3, -0.25) is 10.2 Å². The second-order valence-electron chi connectivity index (χ2n) is 12.0. The lowest BCUT2D eigenvalue weighted by Gasteiger charge is -2.35. The SMILES string of the molecule is COc1cc2c(cc1OC)[C@]1(CC1C1CCC3C(C1)NNC3c1ccc(N3CCN(C)CC3)cc1)C(=O)N2. The standard InChI is InChI=1S/C30H39N5O3/c1-34-10-12-35(13-11-34)20-7-4-18(5-8-20)28-21-9-6-19(14-24(21)32-33-28)23-17-30(23)22-15-26(37-2)27(38-3)16-25(22)31-29(30)36/h4-5,7-8,15-16,19,21,23-24,28,32-33H,6,9-14,17H2,1-3H3,(H,31,36)/t19?,21?,23?,24?,28?,30-/m0/s1. The summed E-state index contributed by atoms with van der Waals surface area (Å²) >= 11 is 0. The molecule has 3 heterocycles. The summed E-state index contributed by atoms with van der Waals surface area (Å²) in [7, 11) is 5.48. The molecular weight excluding hydrogens is 478 g/mol. The Balaban J connectivity index is 1.03. The van der Waals surface area contributed by atoms with Crippen LogP contribution in [0.5, 0.6) is 11.5 Å². The van der Waals surface area contributed by atoms with Crippen molar-refractivity contribution in [2.45, 2.75) is 43.2 Å². The highest BCUT2D eigenvalue weighted by Gasteiger charge is 2.67. The molecule has 3 N–H and O–H groups in total. The molecule has 6 atom stereocenters. The molecule has 5 aliphatic rings. The van der Waals surface area contributed by atoms with E-state index in [0.717, 1.165) is 50.3 Å². The molecule has 5 unspecified atom stereocenters. The molecule has 2 aliphatic carbocycles. The second kappa shape index (κ2) is 9.14. The summed E-state index contributed by atoms with van der Waals surface area (Å²) in [5.41, 5.74) is 11.5. The summed E-state index contributed by atoms with van der Waals surface area (Å²) in [6, 6.07) is 13.9. The predicted molar refractivity (Wildman–Crippen MR) is 148 cm³/mol. The number of nitrogens with zero attached hydrogens (tertiary/aromatic N) is 2. The molecule has 2 aromatic rings. The number of anilines is 2. The number of methoxy groups -OCH3 is 2. The number of amides is 1. The first-order valence-corrected chi connectivity index (χ1v) is 14.1. The van der Waals surface area contributed by atoms with Crippen LogP contribution in [0.25, 0.3) is 0 Å². The van der Waals surface area contributed by atoms with Crippen LogP contribution in [-0.4, -0.2) is 64.3 Å². The highest BCUT2D eigenvalue weighted by atomic mass is 16.5. The van der Waals surface area contributed by atoms with Gasteiger partial charge in [0.05, 0.1) is 25.7 Å². The van der Waals surface area contributed by atoms with Gasteiger partial charge in [-0.15, -0.1) is 0 Å². The molecule has 8 heteroatoms. The smallest absolute Gasteiger partial charge is 0.235 e. The van der Waals surface area contributed by atoms with Crippen LogP contribution in [0.2, 0.25) is 0 Å². The molecule has 0 aromatic heterocycles. The lowest BCUT2D eigenvalue weighted by molar-refractivity contribution is -0.118. The van der Waals surface area contributed by atoms with Crippen molar-refractivity contribution < 1.29 is 14.3 Å². The van der Waals surface area contributed by atoms with Crippen molar-refractivity contribution in [2.24, 2.45) is 17.8 Å². The van der Waals surface area contributed by atoms with Gasteiger partial charge in [0.15, 0.2) is 11.5 Å². The van der Waals surface area contributed by atoms with Crippen molar-refractivity contribution in [3.63, 3.8) is 0 Å². The van der Waals surface area contributed by atoms with E-state index >= 15 is 0 Å². The quantitative estimate of drug-likeness (QED) is 0.562. The first-order chi connectivity index (χ1) is 18.5. The van der Waals surface area contributed by atoms with E-state index in [1.807, 2.05) is 12.1 Å². The molecule has 0 radical (unpaired) electrons. The van der Waals surface area contributed by atoms with Crippen LogP contribution < -0.4 is 30.5 Å². The van der Waals surface area contributed by atoms with E-state index < -0.39 is 5.41 Å². The first kappa shape index (κ1) is 24.2. The number of benzene rings is 2. The lowest BCUT2D eigenvalue weighted by Crippen LogP contribution is -2.44. The van der Waals surface area contributed by atoms with Crippen LogP contribution in [0.15, 0.2) is 36.4 Å². The largest absolute Gasteiger partial charge is 0.493 e. The number of rotatable bonds is 5. The summed E-state index contributed by atoms with van der Waals surface area (Å²) in [5, 5.41) is 3.14. The number of nitrogens with one attached hydrogen (secondary N) is 3. The topological polar surface area (TPSA) is 78.1 Å². The zero-order chi connectivity index (χ0) is 26.0. The number of hydrazine groups is 1. The Morgan fingerprint density at radius 1 is 0.947 bits per heavy atom. The monoisotopic (exact) mass is 517 g/mol. The maximum Gasteiger partial charge on any atom is 0.235 e. The van der Waals surface area contributed by atoms with Gasteiger partial charge < -0.3 is 24.6 Å². The minimum absolute atomic E-state index is 0.144. The Labute approximate surface area is 225 Å². The third kappa shape index (κ3) is 3.72. The van der Waals surface area contributed by atoms with Crippen molar-refractivity contribution in [3.8, 4) is 11.5 Å². The molecule has 8 nitrogen and oxygen atoms in total. The van der Waals surface area contributed by atoms with Crippen molar-refractivity contribution in [2.75, 3.05) is 57.7 Å². The fraction of sp³-hybridized carbons (Fsp3) is 0.567. The van der Waals surface area contributed by atoms with E-state index in [1.54, 1.807) is 14.2 Å². The lowest BCUT2D eigenvalue weighted by atomic mass is 9.72. The van der Waals surface area contributed by atoms with Gasteiger partial charge >= 0.3 is 0 Å². The van der Waals surface area contributed by atoms with Crippen LogP contribution in [0.1, 0.15) is 42.9 Å². The maximum atomic E-state index is 13.3. The summed E-state index contributed by atoms with van der Waals surface area (Å²) in [4.78, 5) is 18.2. The van der Waals surface area contributed by atoms with Gasteiger partial charge in [-0.1, -0.05) is 12.1 Å². The van der Waals surface area contributed by atoms with Gasteiger partial charge in [-0.25, -0.2) is 5.43 Å². The number of likely N-dealkylation sites (N-methyl/N-ethyl adjacent to an activating group) is 1. The maximum absolute atomic E-state index is 13.3. The molecule has 3 aliphatic heterocycles.